The van der Waals surface area contributed by atoms with Crippen molar-refractivity contribution in [2.24, 2.45) is 18.7 Å². The second-order valence-electron chi connectivity index (χ2n) is 10.2. The van der Waals surface area contributed by atoms with Crippen LogP contribution in [0, 0.1) is 31.5 Å². The van der Waals surface area contributed by atoms with Crippen molar-refractivity contribution in [3.05, 3.63) is 83.0 Å². The number of piperidine rings is 1. The summed E-state index contributed by atoms with van der Waals surface area (Å²) in [5.41, 5.74) is 9.88. The summed E-state index contributed by atoms with van der Waals surface area (Å²) in [6, 6.07) is 13.8. The van der Waals surface area contributed by atoms with Crippen molar-refractivity contribution in [1.82, 2.24) is 14.7 Å². The highest BCUT2D eigenvalue weighted by Crippen LogP contribution is 2.31. The molecule has 1 saturated heterocycles. The predicted molar refractivity (Wildman–Crippen MR) is 171 cm³/mol. The summed E-state index contributed by atoms with van der Waals surface area (Å²) in [5.74, 6) is 0.400. The fraction of sp³-hybridized carbons (Fsp3) is 0.424. The molecule has 2 heterocycles. The number of rotatable bonds is 5. The van der Waals surface area contributed by atoms with E-state index in [0.717, 1.165) is 54.3 Å². The number of benzene rings is 2. The van der Waals surface area contributed by atoms with Crippen molar-refractivity contribution in [2.75, 3.05) is 32.1 Å². The minimum Gasteiger partial charge on any atom is -0.405 e. The maximum absolute atomic E-state index is 14.3. The molecule has 0 amide bonds. The Labute approximate surface area is 246 Å². The summed E-state index contributed by atoms with van der Waals surface area (Å²) in [6.45, 7) is 10.5. The van der Waals surface area contributed by atoms with Gasteiger partial charge in [-0.1, -0.05) is 50.6 Å². The van der Waals surface area contributed by atoms with Gasteiger partial charge >= 0.3 is 0 Å². The maximum atomic E-state index is 14.3. The lowest BCUT2D eigenvalue weighted by Crippen LogP contribution is -2.42. The van der Waals surface area contributed by atoms with Crippen LogP contribution in [-0.4, -0.2) is 47.9 Å². The number of aryl methyl sites for hydroxylation is 2. The van der Waals surface area contributed by atoms with E-state index in [9.17, 15) is 4.39 Å². The molecule has 1 fully saturated rings. The zero-order chi connectivity index (χ0) is 30.2. The normalized spacial score (nSPS) is 13.5. The Kier molecular flexibility index (Phi) is 15.8. The van der Waals surface area contributed by atoms with E-state index in [0.29, 0.717) is 17.5 Å². The Bertz CT molecular complexity index is 1190. The van der Waals surface area contributed by atoms with Gasteiger partial charge in [0.15, 0.2) is 0 Å². The summed E-state index contributed by atoms with van der Waals surface area (Å²) >= 11 is 5.72. The van der Waals surface area contributed by atoms with Crippen molar-refractivity contribution in [3.8, 4) is 24.0 Å². The van der Waals surface area contributed by atoms with Crippen LogP contribution in [0.4, 0.5) is 10.1 Å². The first kappa shape index (κ1) is 34.8. The van der Waals surface area contributed by atoms with Crippen LogP contribution in [0.15, 0.2) is 60.9 Å². The van der Waals surface area contributed by atoms with Gasteiger partial charge in [-0.2, -0.15) is 5.10 Å². The molecule has 0 atom stereocenters. The molecule has 1 aliphatic rings. The van der Waals surface area contributed by atoms with Gasteiger partial charge in [0.05, 0.1) is 6.20 Å². The summed E-state index contributed by atoms with van der Waals surface area (Å²) in [6.07, 6.45) is 16.6. The first-order valence-electron chi connectivity index (χ1n) is 13.7. The minimum atomic E-state index is -0.193. The average molecular weight is 568 g/mol. The molecule has 1 aliphatic heterocycles. The molecular formula is C33H47ClFN5. The minimum absolute atomic E-state index is 0.193. The summed E-state index contributed by atoms with van der Waals surface area (Å²) in [4.78, 5) is 4.65. The third-order valence-corrected chi connectivity index (χ3v) is 7.15. The molecule has 0 radical (unpaired) electrons. The van der Waals surface area contributed by atoms with E-state index in [1.165, 1.54) is 5.56 Å². The molecular weight excluding hydrogens is 521 g/mol. The number of allylic oxidation sites excluding steroid dienone is 1. The Morgan fingerprint density at radius 3 is 2.23 bits per heavy atom. The van der Waals surface area contributed by atoms with Crippen LogP contribution in [0.1, 0.15) is 44.9 Å². The monoisotopic (exact) mass is 567 g/mol. The lowest BCUT2D eigenvalue weighted by atomic mass is 10.0. The van der Waals surface area contributed by atoms with Crippen molar-refractivity contribution >= 4 is 17.3 Å². The van der Waals surface area contributed by atoms with Crippen LogP contribution in [0.5, 0.6) is 0 Å². The van der Waals surface area contributed by atoms with Gasteiger partial charge in [0.1, 0.15) is 5.82 Å². The van der Waals surface area contributed by atoms with Gasteiger partial charge < -0.3 is 15.5 Å². The number of hydrogen-bond acceptors (Lipinski definition) is 4. The number of halogens is 2. The van der Waals surface area contributed by atoms with Crippen molar-refractivity contribution < 1.29 is 4.39 Å². The van der Waals surface area contributed by atoms with E-state index in [-0.39, 0.29) is 5.82 Å². The van der Waals surface area contributed by atoms with Crippen LogP contribution in [0.3, 0.4) is 0 Å². The number of terminal acetylenes is 1. The maximum Gasteiger partial charge on any atom is 0.131 e. The molecule has 1 aromatic heterocycles. The Balaban J connectivity index is 0.000000387. The molecule has 0 bridgehead atoms. The molecule has 2 aromatic carbocycles. The van der Waals surface area contributed by atoms with E-state index in [1.807, 2.05) is 50.4 Å². The largest absolute Gasteiger partial charge is 0.405 e. The molecule has 0 spiro atoms. The van der Waals surface area contributed by atoms with Gasteiger partial charge in [-0.3, -0.25) is 4.68 Å². The standard InChI is InChI=1S/C18H25FN4.C8H9Cl.C5H11N.C2H2/c1-13-17(12-20-23(13)4)16-11-15(5-6-18(16)19)22(3)14-7-9-21(2)10-8-14;1-2-7-4-3-5-8(9)6-7;1-5(2)3-4-6;1-2/h5-6,11-12,14H,7-10H2,1-4H3;3-6H,2H2,1H3;3-5H,6H2,1-2H3;1-2H/b;;4-3+;. The molecule has 40 heavy (non-hydrogen) atoms. The van der Waals surface area contributed by atoms with Crippen LogP contribution in [-0.2, 0) is 13.5 Å². The predicted octanol–water partition coefficient (Wildman–Crippen LogP) is 7.33. The highest BCUT2D eigenvalue weighted by Gasteiger charge is 2.22. The third-order valence-electron chi connectivity index (χ3n) is 6.91. The van der Waals surface area contributed by atoms with Crippen LogP contribution < -0.4 is 10.6 Å². The summed E-state index contributed by atoms with van der Waals surface area (Å²) < 4.78 is 16.1. The van der Waals surface area contributed by atoms with E-state index in [2.05, 4.69) is 68.7 Å². The summed E-state index contributed by atoms with van der Waals surface area (Å²) in [5, 5.41) is 5.07. The van der Waals surface area contributed by atoms with Crippen molar-refractivity contribution in [2.45, 2.75) is 53.0 Å². The molecule has 4 rings (SSSR count). The lowest BCUT2D eigenvalue weighted by Gasteiger charge is -2.36. The smallest absolute Gasteiger partial charge is 0.131 e. The topological polar surface area (TPSA) is 50.3 Å². The SMILES string of the molecule is C#C.CC(C)/C=C/N.CCc1cccc(Cl)c1.Cc1c(-c2cc(N(C)C3CCN(C)CC3)ccc2F)cnn1C. The molecule has 0 saturated carbocycles. The number of aromatic nitrogens is 2. The van der Waals surface area contributed by atoms with Gasteiger partial charge in [0.2, 0.25) is 0 Å². The van der Waals surface area contributed by atoms with Gasteiger partial charge in [0, 0.05) is 47.7 Å². The van der Waals surface area contributed by atoms with Crippen LogP contribution in [0.2, 0.25) is 5.02 Å². The van der Waals surface area contributed by atoms with Crippen molar-refractivity contribution in [1.29, 1.82) is 0 Å². The fourth-order valence-corrected chi connectivity index (χ4v) is 4.49. The van der Waals surface area contributed by atoms with Crippen molar-refractivity contribution in [3.63, 3.8) is 0 Å². The zero-order valence-electron chi connectivity index (χ0n) is 25.2. The van der Waals surface area contributed by atoms with E-state index < -0.39 is 0 Å². The number of likely N-dealkylation sites (tertiary alicyclic amines) is 1. The molecule has 2 N–H and O–H groups in total. The van der Waals surface area contributed by atoms with E-state index in [1.54, 1.807) is 23.1 Å². The first-order chi connectivity index (χ1) is 19.1. The van der Waals surface area contributed by atoms with E-state index >= 15 is 0 Å². The molecule has 0 aliphatic carbocycles. The molecule has 0 unspecified atom stereocenters. The number of nitrogens with two attached hydrogens (primary N) is 1. The van der Waals surface area contributed by atoms with Gasteiger partial charge in [-0.25, -0.2) is 4.39 Å². The average Bonchev–Trinajstić information content (AvgIpc) is 3.28. The fourth-order valence-electron chi connectivity index (χ4n) is 4.27. The second kappa shape index (κ2) is 18.1. The Hall–Kier alpha value is -3.27. The Morgan fingerprint density at radius 1 is 1.12 bits per heavy atom. The van der Waals surface area contributed by atoms with Gasteiger partial charge in [0.25, 0.3) is 0 Å². The van der Waals surface area contributed by atoms with Gasteiger partial charge in [-0.05, 0) is 94.3 Å². The molecule has 7 heteroatoms. The number of nitrogens with zero attached hydrogens (tertiary/aromatic N) is 4. The van der Waals surface area contributed by atoms with Crippen LogP contribution >= 0.6 is 11.6 Å². The highest BCUT2D eigenvalue weighted by molar-refractivity contribution is 6.30. The lowest BCUT2D eigenvalue weighted by molar-refractivity contribution is 0.253. The first-order valence-corrected chi connectivity index (χ1v) is 14.1. The quantitative estimate of drug-likeness (QED) is 0.328. The van der Waals surface area contributed by atoms with Gasteiger partial charge in [-0.15, -0.1) is 12.8 Å². The number of anilines is 1. The number of hydrogen-bond donors (Lipinski definition) is 1. The Morgan fingerprint density at radius 2 is 1.77 bits per heavy atom. The molecule has 218 valence electrons. The zero-order valence-corrected chi connectivity index (χ0v) is 26.0. The molecule has 5 nitrogen and oxygen atoms in total. The summed E-state index contributed by atoms with van der Waals surface area (Å²) in [7, 11) is 6.16. The van der Waals surface area contributed by atoms with E-state index in [4.69, 9.17) is 17.3 Å². The highest BCUT2D eigenvalue weighted by atomic mass is 35.5. The van der Waals surface area contributed by atoms with Crippen LogP contribution in [0.25, 0.3) is 11.1 Å². The molecule has 3 aromatic rings. The third kappa shape index (κ3) is 11.1. The second-order valence-corrected chi connectivity index (χ2v) is 10.6.